The minimum atomic E-state index is -2.69. The third kappa shape index (κ3) is 3.29. The molecule has 3 heteroatoms. The second kappa shape index (κ2) is 5.79. The SMILES string of the molecule is CCCc1ccc(C(F)(F)CC2CCNC2)cc1. The number of hydrogen-bond donors (Lipinski definition) is 1. The van der Waals surface area contributed by atoms with Gasteiger partial charge < -0.3 is 5.32 Å². The quantitative estimate of drug-likeness (QED) is 0.843. The zero-order chi connectivity index (χ0) is 13.0. The molecule has 0 aliphatic carbocycles. The molecule has 1 aliphatic rings. The molecule has 100 valence electrons. The van der Waals surface area contributed by atoms with Gasteiger partial charge in [0, 0.05) is 12.0 Å². The van der Waals surface area contributed by atoms with Crippen molar-refractivity contribution in [1.82, 2.24) is 5.32 Å². The number of benzene rings is 1. The van der Waals surface area contributed by atoms with Crippen molar-refractivity contribution in [1.29, 1.82) is 0 Å². The monoisotopic (exact) mass is 253 g/mol. The summed E-state index contributed by atoms with van der Waals surface area (Å²) < 4.78 is 28.2. The normalized spacial score (nSPS) is 20.3. The first-order valence-corrected chi connectivity index (χ1v) is 6.80. The number of rotatable bonds is 5. The zero-order valence-corrected chi connectivity index (χ0v) is 10.9. The van der Waals surface area contributed by atoms with Gasteiger partial charge in [0.25, 0.3) is 5.92 Å². The Balaban J connectivity index is 2.03. The van der Waals surface area contributed by atoms with Gasteiger partial charge in [0.2, 0.25) is 0 Å². The lowest BCUT2D eigenvalue weighted by Gasteiger charge is -2.20. The summed E-state index contributed by atoms with van der Waals surface area (Å²) in [6, 6.07) is 6.85. The van der Waals surface area contributed by atoms with E-state index in [4.69, 9.17) is 0 Å². The highest BCUT2D eigenvalue weighted by Gasteiger charge is 2.35. The topological polar surface area (TPSA) is 12.0 Å². The Kier molecular flexibility index (Phi) is 4.33. The fourth-order valence-corrected chi connectivity index (χ4v) is 2.57. The zero-order valence-electron chi connectivity index (χ0n) is 10.9. The second-order valence-electron chi connectivity index (χ2n) is 5.21. The Bertz CT molecular complexity index is 367. The standard InChI is InChI=1S/C15H21F2N/c1-2-3-12-4-6-14(7-5-12)15(16,17)10-13-8-9-18-11-13/h4-7,13,18H,2-3,8-11H2,1H3. The van der Waals surface area contributed by atoms with Crippen LogP contribution < -0.4 is 5.32 Å². The highest BCUT2D eigenvalue weighted by molar-refractivity contribution is 5.26. The summed E-state index contributed by atoms with van der Waals surface area (Å²) in [5.74, 6) is -2.59. The van der Waals surface area contributed by atoms with Crippen LogP contribution in [0.3, 0.4) is 0 Å². The van der Waals surface area contributed by atoms with Crippen LogP contribution in [0.1, 0.15) is 37.3 Å². The van der Waals surface area contributed by atoms with E-state index in [1.54, 1.807) is 12.1 Å². The third-order valence-corrected chi connectivity index (χ3v) is 3.62. The molecule has 1 nitrogen and oxygen atoms in total. The third-order valence-electron chi connectivity index (χ3n) is 3.62. The molecule has 2 rings (SSSR count). The van der Waals surface area contributed by atoms with E-state index >= 15 is 0 Å². The summed E-state index contributed by atoms with van der Waals surface area (Å²) in [5.41, 5.74) is 1.30. The van der Waals surface area contributed by atoms with Gasteiger partial charge >= 0.3 is 0 Å². The summed E-state index contributed by atoms with van der Waals surface area (Å²) >= 11 is 0. The van der Waals surface area contributed by atoms with Crippen LogP contribution in [0.4, 0.5) is 8.78 Å². The summed E-state index contributed by atoms with van der Waals surface area (Å²) in [6.45, 7) is 3.69. The van der Waals surface area contributed by atoms with Gasteiger partial charge in [-0.15, -0.1) is 0 Å². The van der Waals surface area contributed by atoms with Crippen LogP contribution in [0.25, 0.3) is 0 Å². The molecule has 1 aromatic carbocycles. The van der Waals surface area contributed by atoms with Gasteiger partial charge in [-0.1, -0.05) is 37.6 Å². The van der Waals surface area contributed by atoms with Crippen LogP contribution in [0.15, 0.2) is 24.3 Å². The lowest BCUT2D eigenvalue weighted by molar-refractivity contribution is -0.0268. The van der Waals surface area contributed by atoms with Gasteiger partial charge in [-0.3, -0.25) is 0 Å². The number of halogens is 2. The van der Waals surface area contributed by atoms with Crippen molar-refractivity contribution in [2.24, 2.45) is 5.92 Å². The Hall–Kier alpha value is -0.960. The van der Waals surface area contributed by atoms with Crippen LogP contribution in [0.5, 0.6) is 0 Å². The minimum absolute atomic E-state index is 0.0346. The van der Waals surface area contributed by atoms with Crippen LogP contribution >= 0.6 is 0 Å². The van der Waals surface area contributed by atoms with E-state index < -0.39 is 5.92 Å². The van der Waals surface area contributed by atoms with Crippen molar-refractivity contribution in [3.05, 3.63) is 35.4 Å². The molecule has 1 atom stereocenters. The maximum atomic E-state index is 14.1. The van der Waals surface area contributed by atoms with Gasteiger partial charge in [-0.05, 0) is 37.4 Å². The van der Waals surface area contributed by atoms with Crippen molar-refractivity contribution in [2.75, 3.05) is 13.1 Å². The van der Waals surface area contributed by atoms with E-state index in [1.165, 1.54) is 0 Å². The van der Waals surface area contributed by atoms with Crippen LogP contribution in [-0.2, 0) is 12.3 Å². The average Bonchev–Trinajstić information content (AvgIpc) is 2.82. The van der Waals surface area contributed by atoms with Crippen molar-refractivity contribution in [3.63, 3.8) is 0 Å². The van der Waals surface area contributed by atoms with Crippen LogP contribution in [-0.4, -0.2) is 13.1 Å². The Morgan fingerprint density at radius 2 is 2.00 bits per heavy atom. The lowest BCUT2D eigenvalue weighted by Crippen LogP contribution is -2.20. The molecular formula is C15H21F2N. The highest BCUT2D eigenvalue weighted by Crippen LogP contribution is 2.36. The number of nitrogens with one attached hydrogen (secondary N) is 1. The molecule has 0 bridgehead atoms. The second-order valence-corrected chi connectivity index (χ2v) is 5.21. The Morgan fingerprint density at radius 3 is 2.56 bits per heavy atom. The molecule has 1 aliphatic heterocycles. The number of aryl methyl sites for hydroxylation is 1. The largest absolute Gasteiger partial charge is 0.316 e. The van der Waals surface area contributed by atoms with Crippen molar-refractivity contribution >= 4 is 0 Å². The molecule has 1 fully saturated rings. The predicted octanol–water partition coefficient (Wildman–Crippen LogP) is 3.73. The fraction of sp³-hybridized carbons (Fsp3) is 0.600. The van der Waals surface area contributed by atoms with E-state index in [-0.39, 0.29) is 17.9 Å². The molecule has 0 aromatic heterocycles. The van der Waals surface area contributed by atoms with Crippen molar-refractivity contribution < 1.29 is 8.78 Å². The molecule has 18 heavy (non-hydrogen) atoms. The summed E-state index contributed by atoms with van der Waals surface area (Å²) in [5, 5.41) is 3.14. The Labute approximate surface area is 108 Å². The van der Waals surface area contributed by atoms with E-state index in [9.17, 15) is 8.78 Å². The van der Waals surface area contributed by atoms with Gasteiger partial charge in [0.1, 0.15) is 0 Å². The first-order chi connectivity index (χ1) is 8.62. The van der Waals surface area contributed by atoms with Crippen LogP contribution in [0, 0.1) is 5.92 Å². The molecular weight excluding hydrogens is 232 g/mol. The van der Waals surface area contributed by atoms with E-state index in [0.29, 0.717) is 0 Å². The number of alkyl halides is 2. The van der Waals surface area contributed by atoms with Gasteiger partial charge in [0.15, 0.2) is 0 Å². The first kappa shape index (κ1) is 13.5. The minimum Gasteiger partial charge on any atom is -0.316 e. The Morgan fingerprint density at radius 1 is 1.28 bits per heavy atom. The predicted molar refractivity (Wildman–Crippen MR) is 69.9 cm³/mol. The fourth-order valence-electron chi connectivity index (χ4n) is 2.57. The lowest BCUT2D eigenvalue weighted by atomic mass is 9.94. The molecule has 0 radical (unpaired) electrons. The summed E-state index contributed by atoms with van der Waals surface area (Å²) in [4.78, 5) is 0. The van der Waals surface area contributed by atoms with E-state index in [2.05, 4.69) is 12.2 Å². The molecule has 1 unspecified atom stereocenters. The average molecular weight is 253 g/mol. The molecule has 1 aromatic rings. The van der Waals surface area contributed by atoms with Gasteiger partial charge in [-0.25, -0.2) is 8.78 Å². The number of hydrogen-bond acceptors (Lipinski definition) is 1. The summed E-state index contributed by atoms with van der Waals surface area (Å²) in [7, 11) is 0. The van der Waals surface area contributed by atoms with Gasteiger partial charge in [-0.2, -0.15) is 0 Å². The molecule has 0 spiro atoms. The molecule has 1 heterocycles. The van der Waals surface area contributed by atoms with E-state index in [0.717, 1.165) is 37.9 Å². The van der Waals surface area contributed by atoms with Crippen molar-refractivity contribution in [3.8, 4) is 0 Å². The maximum absolute atomic E-state index is 14.1. The first-order valence-electron chi connectivity index (χ1n) is 6.80. The molecule has 1 saturated heterocycles. The molecule has 1 N–H and O–H groups in total. The maximum Gasteiger partial charge on any atom is 0.273 e. The van der Waals surface area contributed by atoms with Crippen LogP contribution in [0.2, 0.25) is 0 Å². The highest BCUT2D eigenvalue weighted by atomic mass is 19.3. The summed E-state index contributed by atoms with van der Waals surface area (Å²) in [6.07, 6.45) is 2.83. The van der Waals surface area contributed by atoms with Crippen molar-refractivity contribution in [2.45, 2.75) is 38.5 Å². The molecule has 0 saturated carbocycles. The smallest absolute Gasteiger partial charge is 0.273 e. The van der Waals surface area contributed by atoms with Gasteiger partial charge in [0.05, 0.1) is 0 Å². The van der Waals surface area contributed by atoms with E-state index in [1.807, 2.05) is 12.1 Å². The molecule has 0 amide bonds.